The van der Waals surface area contributed by atoms with Crippen molar-refractivity contribution in [2.24, 2.45) is 0 Å². The number of anilines is 2. The van der Waals surface area contributed by atoms with Gasteiger partial charge in [0.15, 0.2) is 0 Å². The number of benzene rings is 1. The first kappa shape index (κ1) is 14.2. The van der Waals surface area contributed by atoms with Crippen molar-refractivity contribution in [1.29, 1.82) is 0 Å². The van der Waals surface area contributed by atoms with Gasteiger partial charge in [-0.25, -0.2) is 0 Å². The van der Waals surface area contributed by atoms with Crippen LogP contribution in [0.5, 0.6) is 0 Å². The highest BCUT2D eigenvalue weighted by Crippen LogP contribution is 2.30. The summed E-state index contributed by atoms with van der Waals surface area (Å²) in [5.41, 5.74) is 9.18. The van der Waals surface area contributed by atoms with E-state index in [0.717, 1.165) is 56.8 Å². The van der Waals surface area contributed by atoms with Gasteiger partial charge in [-0.2, -0.15) is 0 Å². The van der Waals surface area contributed by atoms with E-state index in [1.807, 2.05) is 12.1 Å². The molecular weight excluding hydrogens is 266 g/mol. The average molecular weight is 289 g/mol. The molecule has 0 unspecified atom stereocenters. The van der Waals surface area contributed by atoms with Crippen molar-refractivity contribution < 1.29 is 9.53 Å². The van der Waals surface area contributed by atoms with E-state index in [1.54, 1.807) is 0 Å². The number of carbonyl (C=O) groups is 1. The Bertz CT molecular complexity index is 512. The van der Waals surface area contributed by atoms with Crippen LogP contribution in [-0.4, -0.2) is 38.3 Å². The summed E-state index contributed by atoms with van der Waals surface area (Å²) in [5, 5.41) is 3.12. The minimum absolute atomic E-state index is 0.0946. The highest BCUT2D eigenvalue weighted by atomic mass is 16.5. The van der Waals surface area contributed by atoms with Crippen molar-refractivity contribution in [3.8, 4) is 0 Å². The van der Waals surface area contributed by atoms with Gasteiger partial charge in [0, 0.05) is 37.2 Å². The minimum atomic E-state index is 0.0946. The standard InChI is InChI=1S/C16H23N3O2/c17-14-4-1-5-15-13(14)3-2-8-19(15)11-16(20)18-12-6-9-21-10-7-12/h1,4-5,12H,2-3,6-11,17H2,(H,18,20). The monoisotopic (exact) mass is 289 g/mol. The van der Waals surface area contributed by atoms with Crippen LogP contribution in [0.4, 0.5) is 11.4 Å². The molecule has 1 aromatic rings. The summed E-state index contributed by atoms with van der Waals surface area (Å²) in [6, 6.07) is 6.22. The number of amides is 1. The third-order valence-corrected chi connectivity index (χ3v) is 4.30. The van der Waals surface area contributed by atoms with E-state index in [-0.39, 0.29) is 11.9 Å². The number of fused-ring (bicyclic) bond motifs is 1. The zero-order chi connectivity index (χ0) is 14.7. The quantitative estimate of drug-likeness (QED) is 0.824. The molecule has 2 aliphatic rings. The van der Waals surface area contributed by atoms with E-state index >= 15 is 0 Å². The van der Waals surface area contributed by atoms with E-state index in [2.05, 4.69) is 16.3 Å². The molecule has 0 aromatic heterocycles. The summed E-state index contributed by atoms with van der Waals surface area (Å²) < 4.78 is 5.32. The van der Waals surface area contributed by atoms with Gasteiger partial charge in [-0.3, -0.25) is 4.79 Å². The maximum atomic E-state index is 12.2. The van der Waals surface area contributed by atoms with Crippen LogP contribution >= 0.6 is 0 Å². The highest BCUT2D eigenvalue weighted by Gasteiger charge is 2.22. The van der Waals surface area contributed by atoms with Crippen molar-refractivity contribution in [2.75, 3.05) is 36.9 Å². The third-order valence-electron chi connectivity index (χ3n) is 4.30. The van der Waals surface area contributed by atoms with E-state index in [9.17, 15) is 4.79 Å². The van der Waals surface area contributed by atoms with Crippen LogP contribution in [0.1, 0.15) is 24.8 Å². The molecule has 5 nitrogen and oxygen atoms in total. The molecule has 0 atom stereocenters. The Hall–Kier alpha value is -1.75. The van der Waals surface area contributed by atoms with Crippen molar-refractivity contribution in [3.05, 3.63) is 23.8 Å². The van der Waals surface area contributed by atoms with Crippen LogP contribution in [-0.2, 0) is 16.0 Å². The Kier molecular flexibility index (Phi) is 4.29. The summed E-state index contributed by atoms with van der Waals surface area (Å²) >= 11 is 0. The van der Waals surface area contributed by atoms with Crippen LogP contribution in [0.3, 0.4) is 0 Å². The molecule has 114 valence electrons. The zero-order valence-corrected chi connectivity index (χ0v) is 12.3. The second-order valence-electron chi connectivity index (χ2n) is 5.82. The molecule has 0 spiro atoms. The number of nitrogens with two attached hydrogens (primary N) is 1. The first-order chi connectivity index (χ1) is 10.2. The number of hydrogen-bond donors (Lipinski definition) is 2. The van der Waals surface area contributed by atoms with E-state index in [1.165, 1.54) is 5.56 Å². The Morgan fingerprint density at radius 1 is 1.38 bits per heavy atom. The molecule has 5 heteroatoms. The highest BCUT2D eigenvalue weighted by molar-refractivity contribution is 5.82. The number of hydrogen-bond acceptors (Lipinski definition) is 4. The van der Waals surface area contributed by atoms with Crippen molar-refractivity contribution in [3.63, 3.8) is 0 Å². The number of nitrogens with zero attached hydrogens (tertiary/aromatic N) is 1. The molecule has 0 radical (unpaired) electrons. The van der Waals surface area contributed by atoms with Crippen LogP contribution < -0.4 is 16.0 Å². The van der Waals surface area contributed by atoms with Crippen LogP contribution in [0.25, 0.3) is 0 Å². The Morgan fingerprint density at radius 2 is 2.19 bits per heavy atom. The van der Waals surface area contributed by atoms with Gasteiger partial charge in [0.25, 0.3) is 0 Å². The van der Waals surface area contributed by atoms with Gasteiger partial charge in [-0.05, 0) is 43.4 Å². The lowest BCUT2D eigenvalue weighted by Gasteiger charge is -2.32. The summed E-state index contributed by atoms with van der Waals surface area (Å²) in [4.78, 5) is 14.4. The Balaban J connectivity index is 1.63. The molecule has 0 saturated carbocycles. The molecule has 1 amide bonds. The zero-order valence-electron chi connectivity index (χ0n) is 12.3. The molecular formula is C16H23N3O2. The van der Waals surface area contributed by atoms with Crippen molar-refractivity contribution >= 4 is 17.3 Å². The van der Waals surface area contributed by atoms with Gasteiger partial charge in [0.05, 0.1) is 6.54 Å². The first-order valence-electron chi connectivity index (χ1n) is 7.73. The predicted molar refractivity (Wildman–Crippen MR) is 83.4 cm³/mol. The van der Waals surface area contributed by atoms with Gasteiger partial charge in [0.1, 0.15) is 0 Å². The Labute approximate surface area is 125 Å². The molecule has 3 rings (SSSR count). The van der Waals surface area contributed by atoms with Gasteiger partial charge in [0.2, 0.25) is 5.91 Å². The number of rotatable bonds is 3. The fourth-order valence-electron chi connectivity index (χ4n) is 3.18. The fraction of sp³-hybridized carbons (Fsp3) is 0.562. The number of nitrogen functional groups attached to an aromatic ring is 1. The normalized spacial score (nSPS) is 19.1. The molecule has 21 heavy (non-hydrogen) atoms. The minimum Gasteiger partial charge on any atom is -0.398 e. The molecule has 2 aliphatic heterocycles. The van der Waals surface area contributed by atoms with Gasteiger partial charge >= 0.3 is 0 Å². The van der Waals surface area contributed by atoms with Gasteiger partial charge in [-0.1, -0.05) is 6.07 Å². The van der Waals surface area contributed by atoms with Crippen LogP contribution in [0.2, 0.25) is 0 Å². The fourth-order valence-corrected chi connectivity index (χ4v) is 3.18. The largest absolute Gasteiger partial charge is 0.398 e. The van der Waals surface area contributed by atoms with Crippen molar-refractivity contribution in [1.82, 2.24) is 5.32 Å². The lowest BCUT2D eigenvalue weighted by Crippen LogP contribution is -2.45. The second-order valence-corrected chi connectivity index (χ2v) is 5.82. The van der Waals surface area contributed by atoms with Crippen LogP contribution in [0.15, 0.2) is 18.2 Å². The molecule has 2 heterocycles. The van der Waals surface area contributed by atoms with E-state index < -0.39 is 0 Å². The molecule has 1 aromatic carbocycles. The summed E-state index contributed by atoms with van der Waals surface area (Å²) in [6.45, 7) is 2.81. The lowest BCUT2D eigenvalue weighted by molar-refractivity contribution is -0.121. The average Bonchev–Trinajstić information content (AvgIpc) is 2.49. The van der Waals surface area contributed by atoms with Crippen LogP contribution in [0, 0.1) is 0 Å². The molecule has 0 bridgehead atoms. The topological polar surface area (TPSA) is 67.6 Å². The number of carbonyl (C=O) groups excluding carboxylic acids is 1. The molecule has 1 fully saturated rings. The van der Waals surface area contributed by atoms with Gasteiger partial charge in [-0.15, -0.1) is 0 Å². The van der Waals surface area contributed by atoms with E-state index in [4.69, 9.17) is 10.5 Å². The van der Waals surface area contributed by atoms with Gasteiger partial charge < -0.3 is 20.7 Å². The summed E-state index contributed by atoms with van der Waals surface area (Å²) in [5.74, 6) is 0.0946. The molecule has 0 aliphatic carbocycles. The second kappa shape index (κ2) is 6.35. The first-order valence-corrected chi connectivity index (χ1v) is 7.73. The van der Waals surface area contributed by atoms with Crippen molar-refractivity contribution in [2.45, 2.75) is 31.7 Å². The molecule has 3 N–H and O–H groups in total. The number of ether oxygens (including phenoxy) is 1. The lowest BCUT2D eigenvalue weighted by atomic mass is 10.00. The summed E-state index contributed by atoms with van der Waals surface area (Å²) in [7, 11) is 0. The summed E-state index contributed by atoms with van der Waals surface area (Å²) in [6.07, 6.45) is 3.87. The molecule has 1 saturated heterocycles. The van der Waals surface area contributed by atoms with E-state index in [0.29, 0.717) is 6.54 Å². The predicted octanol–water partition coefficient (Wildman–Crippen LogP) is 1.32. The third kappa shape index (κ3) is 3.29. The smallest absolute Gasteiger partial charge is 0.239 e. The SMILES string of the molecule is Nc1cccc2c1CCCN2CC(=O)NC1CCOCC1. The maximum Gasteiger partial charge on any atom is 0.239 e. The Morgan fingerprint density at radius 3 is 3.00 bits per heavy atom. The maximum absolute atomic E-state index is 12.2. The number of nitrogens with one attached hydrogen (secondary N) is 1.